The fourth-order valence-corrected chi connectivity index (χ4v) is 2.77. The molecule has 0 aromatic rings. The maximum Gasteiger partial charge on any atom is 0.475 e. The molecule has 0 radical (unpaired) electrons. The number of nitrogens with zero attached hydrogens (tertiary/aromatic N) is 1. The zero-order valence-corrected chi connectivity index (χ0v) is 11.9. The standard InChI is InChI=1S/C11H22BN3O3.ClH/c16-11(8-14-9-3-1-5-13-7-9)15-6-2-4-10(15)12(17)18;/h9-10,13-14,17-18H,1-8H2;1H/t9-,10+;/m1./s1. The van der Waals surface area contributed by atoms with Crippen LogP contribution in [0.2, 0.25) is 0 Å². The van der Waals surface area contributed by atoms with E-state index in [9.17, 15) is 14.8 Å². The van der Waals surface area contributed by atoms with Crippen LogP contribution in [-0.2, 0) is 4.79 Å². The van der Waals surface area contributed by atoms with Gasteiger partial charge in [0, 0.05) is 19.1 Å². The average molecular weight is 292 g/mol. The molecule has 2 aliphatic rings. The van der Waals surface area contributed by atoms with E-state index in [1.807, 2.05) is 0 Å². The van der Waals surface area contributed by atoms with Crippen LogP contribution in [0.4, 0.5) is 0 Å². The van der Waals surface area contributed by atoms with E-state index < -0.39 is 13.1 Å². The fourth-order valence-electron chi connectivity index (χ4n) is 2.77. The van der Waals surface area contributed by atoms with E-state index in [1.165, 1.54) is 0 Å². The number of hydrogen-bond donors (Lipinski definition) is 4. The van der Waals surface area contributed by atoms with E-state index in [0.29, 0.717) is 19.0 Å². The van der Waals surface area contributed by atoms with Crippen molar-refractivity contribution in [2.24, 2.45) is 0 Å². The predicted octanol–water partition coefficient (Wildman–Crippen LogP) is -1.25. The Morgan fingerprint density at radius 1 is 1.37 bits per heavy atom. The number of amides is 1. The monoisotopic (exact) mass is 291 g/mol. The molecular formula is C11H23BClN3O3. The highest BCUT2D eigenvalue weighted by atomic mass is 35.5. The highest BCUT2D eigenvalue weighted by molar-refractivity contribution is 6.43. The quantitative estimate of drug-likeness (QED) is 0.487. The van der Waals surface area contributed by atoms with Gasteiger partial charge in [-0.15, -0.1) is 12.4 Å². The fraction of sp³-hybridized carbons (Fsp3) is 0.909. The Labute approximate surface area is 120 Å². The lowest BCUT2D eigenvalue weighted by Crippen LogP contribution is -2.51. The molecule has 0 aliphatic carbocycles. The molecule has 0 spiro atoms. The van der Waals surface area contributed by atoms with Crippen LogP contribution in [0.15, 0.2) is 0 Å². The third-order valence-corrected chi connectivity index (χ3v) is 3.80. The van der Waals surface area contributed by atoms with Crippen molar-refractivity contribution in [3.05, 3.63) is 0 Å². The predicted molar refractivity (Wildman–Crippen MR) is 76.1 cm³/mol. The summed E-state index contributed by atoms with van der Waals surface area (Å²) in [7, 11) is -1.42. The summed E-state index contributed by atoms with van der Waals surface area (Å²) in [5.41, 5.74) is 0. The Morgan fingerprint density at radius 3 is 2.79 bits per heavy atom. The van der Waals surface area contributed by atoms with E-state index in [-0.39, 0.29) is 24.9 Å². The Kier molecular flexibility index (Phi) is 7.10. The first kappa shape index (κ1) is 16.7. The zero-order chi connectivity index (χ0) is 13.0. The van der Waals surface area contributed by atoms with Crippen LogP contribution in [0.25, 0.3) is 0 Å². The molecule has 4 N–H and O–H groups in total. The number of rotatable bonds is 4. The van der Waals surface area contributed by atoms with Gasteiger partial charge in [-0.05, 0) is 32.2 Å². The van der Waals surface area contributed by atoms with Gasteiger partial charge in [0.1, 0.15) is 0 Å². The van der Waals surface area contributed by atoms with Crippen LogP contribution in [0.3, 0.4) is 0 Å². The number of hydrogen-bond acceptors (Lipinski definition) is 5. The van der Waals surface area contributed by atoms with E-state index in [0.717, 1.165) is 32.4 Å². The molecule has 1 amide bonds. The SMILES string of the molecule is Cl.O=C(CN[C@@H]1CCCNC1)N1CCC[C@H]1B(O)O. The van der Waals surface area contributed by atoms with Crippen LogP contribution in [0, 0.1) is 0 Å². The van der Waals surface area contributed by atoms with Crippen molar-refractivity contribution in [2.45, 2.75) is 37.7 Å². The Balaban J connectivity index is 0.00000180. The smallest absolute Gasteiger partial charge is 0.426 e. The number of carbonyl (C=O) groups is 1. The second kappa shape index (κ2) is 8.06. The van der Waals surface area contributed by atoms with E-state index >= 15 is 0 Å². The van der Waals surface area contributed by atoms with Gasteiger partial charge in [0.15, 0.2) is 0 Å². The minimum atomic E-state index is -1.42. The van der Waals surface area contributed by atoms with Crippen LogP contribution in [-0.4, -0.2) is 66.1 Å². The highest BCUT2D eigenvalue weighted by Gasteiger charge is 2.36. The first-order valence-electron chi connectivity index (χ1n) is 6.78. The third kappa shape index (κ3) is 4.61. The van der Waals surface area contributed by atoms with Gasteiger partial charge in [-0.3, -0.25) is 4.79 Å². The summed E-state index contributed by atoms with van der Waals surface area (Å²) in [6, 6.07) is 0.350. The van der Waals surface area contributed by atoms with Crippen LogP contribution < -0.4 is 10.6 Å². The summed E-state index contributed by atoms with van der Waals surface area (Å²) < 4.78 is 0. The van der Waals surface area contributed by atoms with Crippen molar-refractivity contribution in [1.29, 1.82) is 0 Å². The Bertz CT molecular complexity index is 290. The Hall–Kier alpha value is -0.335. The Morgan fingerprint density at radius 2 is 2.16 bits per heavy atom. The van der Waals surface area contributed by atoms with Crippen molar-refractivity contribution in [3.63, 3.8) is 0 Å². The molecule has 2 heterocycles. The van der Waals surface area contributed by atoms with Crippen molar-refractivity contribution >= 4 is 25.4 Å². The number of piperidine rings is 1. The number of likely N-dealkylation sites (tertiary alicyclic amines) is 1. The molecule has 2 aliphatic heterocycles. The van der Waals surface area contributed by atoms with Crippen molar-refractivity contribution in [1.82, 2.24) is 15.5 Å². The molecule has 2 fully saturated rings. The molecule has 2 rings (SSSR count). The van der Waals surface area contributed by atoms with Gasteiger partial charge in [-0.25, -0.2) is 0 Å². The molecule has 110 valence electrons. The number of halogens is 1. The maximum atomic E-state index is 12.0. The second-order valence-corrected chi connectivity index (χ2v) is 5.13. The third-order valence-electron chi connectivity index (χ3n) is 3.80. The topological polar surface area (TPSA) is 84.8 Å². The lowest BCUT2D eigenvalue weighted by molar-refractivity contribution is -0.130. The normalized spacial score (nSPS) is 26.9. The largest absolute Gasteiger partial charge is 0.475 e. The first-order valence-corrected chi connectivity index (χ1v) is 6.78. The molecule has 0 aromatic heterocycles. The summed E-state index contributed by atoms with van der Waals surface area (Å²) in [6.07, 6.45) is 3.74. The van der Waals surface area contributed by atoms with Gasteiger partial charge in [-0.1, -0.05) is 0 Å². The first-order chi connectivity index (χ1) is 8.68. The van der Waals surface area contributed by atoms with Gasteiger partial charge >= 0.3 is 7.12 Å². The lowest BCUT2D eigenvalue weighted by atomic mass is 9.78. The summed E-state index contributed by atoms with van der Waals surface area (Å²) >= 11 is 0. The highest BCUT2D eigenvalue weighted by Crippen LogP contribution is 2.17. The molecule has 0 saturated carbocycles. The molecule has 2 saturated heterocycles. The van der Waals surface area contributed by atoms with E-state index in [4.69, 9.17) is 0 Å². The summed E-state index contributed by atoms with van der Waals surface area (Å²) in [6.45, 7) is 2.87. The van der Waals surface area contributed by atoms with E-state index in [1.54, 1.807) is 4.90 Å². The maximum absolute atomic E-state index is 12.0. The van der Waals surface area contributed by atoms with Crippen molar-refractivity contribution in [2.75, 3.05) is 26.2 Å². The lowest BCUT2D eigenvalue weighted by Gasteiger charge is -2.27. The van der Waals surface area contributed by atoms with Gasteiger partial charge < -0.3 is 25.6 Å². The zero-order valence-electron chi connectivity index (χ0n) is 11.0. The molecule has 8 heteroatoms. The van der Waals surface area contributed by atoms with Crippen LogP contribution in [0.1, 0.15) is 25.7 Å². The minimum Gasteiger partial charge on any atom is -0.426 e. The summed E-state index contributed by atoms with van der Waals surface area (Å²) in [5.74, 6) is -0.458. The number of carbonyl (C=O) groups excluding carboxylic acids is 1. The van der Waals surface area contributed by atoms with Crippen molar-refractivity contribution < 1.29 is 14.8 Å². The summed E-state index contributed by atoms with van der Waals surface area (Å²) in [4.78, 5) is 13.6. The molecule has 0 unspecified atom stereocenters. The molecule has 0 bridgehead atoms. The van der Waals surface area contributed by atoms with Crippen LogP contribution in [0.5, 0.6) is 0 Å². The van der Waals surface area contributed by atoms with Crippen molar-refractivity contribution in [3.8, 4) is 0 Å². The minimum absolute atomic E-state index is 0. The molecule has 0 aromatic carbocycles. The molecular weight excluding hydrogens is 268 g/mol. The van der Waals surface area contributed by atoms with Gasteiger partial charge in [0.05, 0.1) is 12.5 Å². The van der Waals surface area contributed by atoms with Gasteiger partial charge in [0.25, 0.3) is 0 Å². The van der Waals surface area contributed by atoms with E-state index in [2.05, 4.69) is 10.6 Å². The second-order valence-electron chi connectivity index (χ2n) is 5.13. The molecule has 19 heavy (non-hydrogen) atoms. The summed E-state index contributed by atoms with van der Waals surface area (Å²) in [5, 5.41) is 25.0. The van der Waals surface area contributed by atoms with Gasteiger partial charge in [-0.2, -0.15) is 0 Å². The number of nitrogens with one attached hydrogen (secondary N) is 2. The molecule has 6 nitrogen and oxygen atoms in total. The van der Waals surface area contributed by atoms with Gasteiger partial charge in [0.2, 0.25) is 5.91 Å². The average Bonchev–Trinajstić information content (AvgIpc) is 2.86. The molecule has 2 atom stereocenters. The van der Waals surface area contributed by atoms with Crippen LogP contribution >= 0.6 is 12.4 Å².